The predicted octanol–water partition coefficient (Wildman–Crippen LogP) is 3.56. The molecule has 1 atom stereocenters. The van der Waals surface area contributed by atoms with Crippen LogP contribution in [-0.2, 0) is 10.0 Å². The fraction of sp³-hybridized carbons (Fsp3) is 0.143. The van der Waals surface area contributed by atoms with Gasteiger partial charge in [0.05, 0.1) is 12.7 Å². The van der Waals surface area contributed by atoms with Crippen LogP contribution in [0.1, 0.15) is 17.5 Å². The SMILES string of the molecule is CS(=O)(=O)NC1([N+](=O)[O-])C=C(c2cccc3[nH]ccc23)C=C(c2ccccc2)C1. The highest BCUT2D eigenvalue weighted by molar-refractivity contribution is 7.88. The van der Waals surface area contributed by atoms with E-state index in [0.717, 1.165) is 28.3 Å². The third-order valence-corrected chi connectivity index (χ3v) is 5.65. The third kappa shape index (κ3) is 3.72. The minimum atomic E-state index is -3.84. The molecule has 148 valence electrons. The van der Waals surface area contributed by atoms with Crippen LogP contribution in [0.5, 0.6) is 0 Å². The number of nitrogens with zero attached hydrogens (tertiary/aromatic N) is 1. The van der Waals surface area contributed by atoms with Crippen molar-refractivity contribution in [2.24, 2.45) is 0 Å². The summed E-state index contributed by atoms with van der Waals surface area (Å²) >= 11 is 0. The molecule has 2 N–H and O–H groups in total. The number of H-pyrrole nitrogens is 1. The molecule has 1 aliphatic carbocycles. The zero-order valence-electron chi connectivity index (χ0n) is 15.6. The predicted molar refractivity (Wildman–Crippen MR) is 113 cm³/mol. The first-order valence-electron chi connectivity index (χ1n) is 8.96. The Hall–Kier alpha value is -3.23. The molecule has 1 aliphatic rings. The van der Waals surface area contributed by atoms with E-state index in [1.54, 1.807) is 6.20 Å². The Bertz CT molecular complexity index is 1260. The van der Waals surface area contributed by atoms with Crippen LogP contribution >= 0.6 is 0 Å². The molecule has 3 aromatic rings. The smallest absolute Gasteiger partial charge is 0.311 e. The van der Waals surface area contributed by atoms with E-state index < -0.39 is 20.6 Å². The minimum absolute atomic E-state index is 0.0936. The zero-order chi connectivity index (χ0) is 20.6. The van der Waals surface area contributed by atoms with Crippen LogP contribution in [-0.4, -0.2) is 30.2 Å². The van der Waals surface area contributed by atoms with Crippen LogP contribution in [0.25, 0.3) is 22.0 Å². The van der Waals surface area contributed by atoms with Crippen LogP contribution in [0.4, 0.5) is 0 Å². The molecule has 1 heterocycles. The van der Waals surface area contributed by atoms with Crippen molar-refractivity contribution in [1.29, 1.82) is 0 Å². The van der Waals surface area contributed by atoms with Gasteiger partial charge in [0.25, 0.3) is 0 Å². The molecule has 0 saturated heterocycles. The first-order chi connectivity index (χ1) is 13.8. The van der Waals surface area contributed by atoms with Crippen LogP contribution in [0.2, 0.25) is 0 Å². The van der Waals surface area contributed by atoms with Crippen LogP contribution in [0.15, 0.2) is 72.9 Å². The van der Waals surface area contributed by atoms with E-state index in [4.69, 9.17) is 0 Å². The van der Waals surface area contributed by atoms with Gasteiger partial charge >= 0.3 is 5.66 Å². The Morgan fingerprint density at radius 1 is 1.10 bits per heavy atom. The number of aromatic amines is 1. The number of benzene rings is 2. The molecule has 7 nitrogen and oxygen atoms in total. The van der Waals surface area contributed by atoms with Crippen molar-refractivity contribution < 1.29 is 13.3 Å². The number of hydrogen-bond acceptors (Lipinski definition) is 4. The molecule has 29 heavy (non-hydrogen) atoms. The van der Waals surface area contributed by atoms with Gasteiger partial charge in [0, 0.05) is 28.1 Å². The lowest BCUT2D eigenvalue weighted by Gasteiger charge is -2.28. The summed E-state index contributed by atoms with van der Waals surface area (Å²) < 4.78 is 26.3. The maximum Gasteiger partial charge on any atom is 0.311 e. The number of rotatable bonds is 5. The van der Waals surface area contributed by atoms with Gasteiger partial charge in [-0.15, -0.1) is 4.72 Å². The first kappa shape index (κ1) is 19.1. The molecule has 1 unspecified atom stereocenters. The summed E-state index contributed by atoms with van der Waals surface area (Å²) in [5, 5.41) is 13.0. The van der Waals surface area contributed by atoms with E-state index in [0.29, 0.717) is 11.1 Å². The molecule has 0 spiro atoms. The second-order valence-corrected chi connectivity index (χ2v) is 8.86. The number of hydrogen-bond donors (Lipinski definition) is 2. The van der Waals surface area contributed by atoms with Gasteiger partial charge in [0.15, 0.2) is 0 Å². The zero-order valence-corrected chi connectivity index (χ0v) is 16.4. The van der Waals surface area contributed by atoms with Crippen LogP contribution in [0, 0.1) is 10.1 Å². The summed E-state index contributed by atoms with van der Waals surface area (Å²) in [6, 6.07) is 16.8. The van der Waals surface area contributed by atoms with E-state index in [1.807, 2.05) is 60.7 Å². The molecule has 0 aliphatic heterocycles. The van der Waals surface area contributed by atoms with Gasteiger partial charge in [-0.2, -0.15) is 0 Å². The highest BCUT2D eigenvalue weighted by atomic mass is 32.2. The van der Waals surface area contributed by atoms with Crippen LogP contribution < -0.4 is 4.72 Å². The van der Waals surface area contributed by atoms with Crippen molar-refractivity contribution in [3.8, 4) is 0 Å². The van der Waals surface area contributed by atoms with E-state index in [1.165, 1.54) is 6.08 Å². The summed E-state index contributed by atoms with van der Waals surface area (Å²) in [4.78, 5) is 14.7. The lowest BCUT2D eigenvalue weighted by Crippen LogP contribution is -2.53. The minimum Gasteiger partial charge on any atom is -0.361 e. The van der Waals surface area contributed by atoms with Gasteiger partial charge in [0.2, 0.25) is 10.0 Å². The van der Waals surface area contributed by atoms with E-state index in [9.17, 15) is 18.5 Å². The Morgan fingerprint density at radius 3 is 2.55 bits per heavy atom. The Balaban J connectivity index is 1.96. The van der Waals surface area contributed by atoms with Gasteiger partial charge in [-0.1, -0.05) is 48.5 Å². The molecule has 1 aromatic heterocycles. The monoisotopic (exact) mass is 409 g/mol. The number of allylic oxidation sites excluding steroid dienone is 2. The summed E-state index contributed by atoms with van der Waals surface area (Å²) in [5.41, 5.74) is 1.80. The molecular formula is C21H19N3O4S. The molecule has 0 saturated carbocycles. The molecule has 0 amide bonds. The van der Waals surface area contributed by atoms with E-state index in [2.05, 4.69) is 9.71 Å². The Kier molecular flexibility index (Phi) is 4.60. The summed E-state index contributed by atoms with van der Waals surface area (Å²) in [7, 11) is -3.84. The number of nitrogens with one attached hydrogen (secondary N) is 2. The largest absolute Gasteiger partial charge is 0.361 e. The fourth-order valence-electron chi connectivity index (χ4n) is 3.75. The van der Waals surface area contributed by atoms with Crippen molar-refractivity contribution in [2.75, 3.05) is 6.26 Å². The molecule has 2 aromatic carbocycles. The van der Waals surface area contributed by atoms with Gasteiger partial charge in [-0.3, -0.25) is 10.1 Å². The van der Waals surface area contributed by atoms with Gasteiger partial charge in [-0.05, 0) is 34.4 Å². The van der Waals surface area contributed by atoms with Gasteiger partial charge in [0.1, 0.15) is 0 Å². The van der Waals surface area contributed by atoms with Crippen LogP contribution in [0.3, 0.4) is 0 Å². The summed E-state index contributed by atoms with van der Waals surface area (Å²) in [5.74, 6) is 0. The van der Waals surface area contributed by atoms with Gasteiger partial charge in [-0.25, -0.2) is 8.42 Å². The third-order valence-electron chi connectivity index (χ3n) is 4.92. The number of sulfonamides is 1. The first-order valence-corrected chi connectivity index (χ1v) is 10.9. The number of aromatic nitrogens is 1. The van der Waals surface area contributed by atoms with Crippen molar-refractivity contribution in [3.05, 3.63) is 94.2 Å². The fourth-order valence-corrected chi connectivity index (χ4v) is 4.60. The second kappa shape index (κ2) is 6.98. The molecule has 0 bridgehead atoms. The summed E-state index contributed by atoms with van der Waals surface area (Å²) in [6.45, 7) is 0. The van der Waals surface area contributed by atoms with Crippen molar-refractivity contribution in [3.63, 3.8) is 0 Å². The van der Waals surface area contributed by atoms with Crippen molar-refractivity contribution >= 4 is 32.1 Å². The topological polar surface area (TPSA) is 105 Å². The highest BCUT2D eigenvalue weighted by Crippen LogP contribution is 2.38. The standard InChI is InChI=1S/C21H19N3O4S/c1-29(27,28)23-21(24(25)26)13-16(15-6-3-2-4-7-15)12-17(14-21)18-8-5-9-20-19(18)10-11-22-20/h2-12,14,22-23H,13H2,1H3. The Morgan fingerprint density at radius 2 is 1.86 bits per heavy atom. The lowest BCUT2D eigenvalue weighted by atomic mass is 9.84. The second-order valence-electron chi connectivity index (χ2n) is 7.11. The maximum atomic E-state index is 12.1. The maximum absolute atomic E-state index is 12.1. The molecule has 8 heteroatoms. The normalized spacial score (nSPS) is 19.6. The molecule has 0 fully saturated rings. The molecule has 4 rings (SSSR count). The average molecular weight is 409 g/mol. The van der Waals surface area contributed by atoms with Gasteiger partial charge < -0.3 is 4.98 Å². The summed E-state index contributed by atoms with van der Waals surface area (Å²) in [6.07, 6.45) is 5.93. The molecule has 0 radical (unpaired) electrons. The highest BCUT2D eigenvalue weighted by Gasteiger charge is 2.46. The average Bonchev–Trinajstić information content (AvgIpc) is 3.16. The molecular weight excluding hydrogens is 390 g/mol. The number of nitro groups is 1. The van der Waals surface area contributed by atoms with E-state index >= 15 is 0 Å². The Labute approximate surface area is 168 Å². The quantitative estimate of drug-likeness (QED) is 0.382. The number of fused-ring (bicyclic) bond motifs is 1. The van der Waals surface area contributed by atoms with E-state index in [-0.39, 0.29) is 6.42 Å². The van der Waals surface area contributed by atoms with Crippen molar-refractivity contribution in [2.45, 2.75) is 12.1 Å². The lowest BCUT2D eigenvalue weighted by molar-refractivity contribution is -0.557. The van der Waals surface area contributed by atoms with Crippen molar-refractivity contribution in [1.82, 2.24) is 9.71 Å².